The smallest absolute Gasteiger partial charge is 0.162 e. The van der Waals surface area contributed by atoms with Gasteiger partial charge in [-0.15, -0.1) is 0 Å². The predicted molar refractivity (Wildman–Crippen MR) is 82.7 cm³/mol. The summed E-state index contributed by atoms with van der Waals surface area (Å²) >= 11 is 6.05. The summed E-state index contributed by atoms with van der Waals surface area (Å²) in [5.74, 6) is 0.121. The molecule has 1 fully saturated rings. The number of halogens is 2. The van der Waals surface area contributed by atoms with Crippen molar-refractivity contribution in [3.05, 3.63) is 28.5 Å². The van der Waals surface area contributed by atoms with E-state index in [2.05, 4.69) is 0 Å². The van der Waals surface area contributed by atoms with Crippen LogP contribution in [0.1, 0.15) is 62.2 Å². The maximum absolute atomic E-state index is 13.8. The van der Waals surface area contributed by atoms with Gasteiger partial charge in [-0.3, -0.25) is 4.79 Å². The Bertz CT molecular complexity index is 494. The van der Waals surface area contributed by atoms with Crippen molar-refractivity contribution in [2.24, 2.45) is 5.92 Å². The van der Waals surface area contributed by atoms with E-state index in [0.29, 0.717) is 23.3 Å². The zero-order chi connectivity index (χ0) is 15.2. The van der Waals surface area contributed by atoms with Gasteiger partial charge in [0.25, 0.3) is 0 Å². The Labute approximate surface area is 130 Å². The predicted octanol–water partition coefficient (Wildman–Crippen LogP) is 5.42. The number of ether oxygens (including phenoxy) is 1. The molecule has 0 amide bonds. The minimum Gasteiger partial charge on any atom is -0.492 e. The number of carbonyl (C=O) groups excluding carboxylic acids is 1. The lowest BCUT2D eigenvalue weighted by Gasteiger charge is -2.15. The fourth-order valence-corrected chi connectivity index (χ4v) is 3.12. The fraction of sp³-hybridized carbons (Fsp3) is 0.588. The minimum atomic E-state index is -0.573. The summed E-state index contributed by atoms with van der Waals surface area (Å²) in [5, 5.41) is 0.294. The van der Waals surface area contributed by atoms with E-state index in [1.165, 1.54) is 57.6 Å². The van der Waals surface area contributed by atoms with Gasteiger partial charge in [-0.2, -0.15) is 0 Å². The second-order valence-corrected chi connectivity index (χ2v) is 6.22. The molecule has 116 valence electrons. The van der Waals surface area contributed by atoms with Crippen molar-refractivity contribution < 1.29 is 13.9 Å². The van der Waals surface area contributed by atoms with Crippen LogP contribution in [-0.4, -0.2) is 12.4 Å². The van der Waals surface area contributed by atoms with E-state index in [1.54, 1.807) is 0 Å². The van der Waals surface area contributed by atoms with Gasteiger partial charge in [-0.25, -0.2) is 4.39 Å². The van der Waals surface area contributed by atoms with Crippen LogP contribution in [-0.2, 0) is 0 Å². The largest absolute Gasteiger partial charge is 0.492 e. The highest BCUT2D eigenvalue weighted by Gasteiger charge is 2.15. The second-order valence-electron chi connectivity index (χ2n) is 5.81. The SMILES string of the molecule is CC(=O)c1cc(Cl)c(OCCC2CCCCCC2)cc1F. The average molecular weight is 313 g/mol. The standard InChI is InChI=1S/C17H22ClFO2/c1-12(20)14-10-15(18)17(11-16(14)19)21-9-8-13-6-4-2-3-5-7-13/h10-11,13H,2-9H2,1H3. The molecule has 0 aliphatic heterocycles. The van der Waals surface area contributed by atoms with Crippen LogP contribution in [0.15, 0.2) is 12.1 Å². The molecule has 0 bridgehead atoms. The Morgan fingerprint density at radius 3 is 2.57 bits per heavy atom. The second kappa shape index (κ2) is 7.79. The first-order valence-electron chi connectivity index (χ1n) is 7.70. The maximum Gasteiger partial charge on any atom is 0.162 e. The van der Waals surface area contributed by atoms with Crippen molar-refractivity contribution in [2.75, 3.05) is 6.61 Å². The van der Waals surface area contributed by atoms with Crippen LogP contribution >= 0.6 is 11.6 Å². The average Bonchev–Trinajstić information content (AvgIpc) is 2.70. The molecule has 0 spiro atoms. The van der Waals surface area contributed by atoms with E-state index in [0.717, 1.165) is 6.42 Å². The van der Waals surface area contributed by atoms with E-state index in [-0.39, 0.29) is 11.3 Å². The molecule has 0 aromatic heterocycles. The van der Waals surface area contributed by atoms with Crippen LogP contribution in [0.4, 0.5) is 4.39 Å². The Balaban J connectivity index is 1.91. The molecule has 0 N–H and O–H groups in total. The molecule has 0 heterocycles. The summed E-state index contributed by atoms with van der Waals surface area (Å²) < 4.78 is 19.4. The number of benzene rings is 1. The summed E-state index contributed by atoms with van der Waals surface area (Å²) in [6, 6.07) is 2.56. The Kier molecular flexibility index (Phi) is 6.04. The maximum atomic E-state index is 13.8. The van der Waals surface area contributed by atoms with Crippen LogP contribution in [0.25, 0.3) is 0 Å². The monoisotopic (exact) mass is 312 g/mol. The first-order chi connectivity index (χ1) is 10.1. The van der Waals surface area contributed by atoms with Crippen LogP contribution in [0, 0.1) is 11.7 Å². The van der Waals surface area contributed by atoms with Crippen LogP contribution in [0.5, 0.6) is 5.75 Å². The van der Waals surface area contributed by atoms with Gasteiger partial charge in [0.1, 0.15) is 11.6 Å². The van der Waals surface area contributed by atoms with E-state index >= 15 is 0 Å². The summed E-state index contributed by atoms with van der Waals surface area (Å²) in [4.78, 5) is 11.2. The number of ketones is 1. The first kappa shape index (κ1) is 16.3. The lowest BCUT2D eigenvalue weighted by Crippen LogP contribution is -2.07. The highest BCUT2D eigenvalue weighted by molar-refractivity contribution is 6.32. The van der Waals surface area contributed by atoms with Gasteiger partial charge in [0.05, 0.1) is 17.2 Å². The van der Waals surface area contributed by atoms with Gasteiger partial charge in [-0.05, 0) is 25.3 Å². The highest BCUT2D eigenvalue weighted by atomic mass is 35.5. The molecule has 4 heteroatoms. The minimum absolute atomic E-state index is 0.0103. The molecule has 1 aromatic carbocycles. The molecule has 2 rings (SSSR count). The molecule has 2 nitrogen and oxygen atoms in total. The molecule has 0 atom stereocenters. The fourth-order valence-electron chi connectivity index (χ4n) is 2.90. The number of Topliss-reactive ketones (excluding diaryl/α,β-unsaturated/α-hetero) is 1. The molecular formula is C17H22ClFO2. The third kappa shape index (κ3) is 4.70. The van der Waals surface area contributed by atoms with Gasteiger partial charge in [0.15, 0.2) is 5.78 Å². The third-order valence-corrected chi connectivity index (χ3v) is 4.45. The van der Waals surface area contributed by atoms with Gasteiger partial charge >= 0.3 is 0 Å². The summed E-state index contributed by atoms with van der Waals surface area (Å²) in [6.45, 7) is 1.87. The lowest BCUT2D eigenvalue weighted by molar-refractivity contribution is 0.101. The van der Waals surface area contributed by atoms with Crippen LogP contribution in [0.2, 0.25) is 5.02 Å². The van der Waals surface area contributed by atoms with Gasteiger partial charge < -0.3 is 4.74 Å². The number of carbonyl (C=O) groups is 1. The Hall–Kier alpha value is -1.09. The molecule has 1 saturated carbocycles. The topological polar surface area (TPSA) is 26.3 Å². The zero-order valence-corrected chi connectivity index (χ0v) is 13.2. The lowest BCUT2D eigenvalue weighted by atomic mass is 9.97. The van der Waals surface area contributed by atoms with Crippen LogP contribution < -0.4 is 4.74 Å². The van der Waals surface area contributed by atoms with Crippen molar-refractivity contribution in [1.82, 2.24) is 0 Å². The number of hydrogen-bond acceptors (Lipinski definition) is 2. The van der Waals surface area contributed by atoms with Gasteiger partial charge in [0, 0.05) is 6.07 Å². The first-order valence-corrected chi connectivity index (χ1v) is 8.08. The Morgan fingerprint density at radius 2 is 1.95 bits per heavy atom. The molecular weight excluding hydrogens is 291 g/mol. The number of hydrogen-bond donors (Lipinski definition) is 0. The van der Waals surface area contributed by atoms with E-state index in [9.17, 15) is 9.18 Å². The Morgan fingerprint density at radius 1 is 1.29 bits per heavy atom. The molecule has 0 unspecified atom stereocenters. The van der Waals surface area contributed by atoms with E-state index in [4.69, 9.17) is 16.3 Å². The quantitative estimate of drug-likeness (QED) is 0.536. The van der Waals surface area contributed by atoms with Crippen molar-refractivity contribution >= 4 is 17.4 Å². The summed E-state index contributed by atoms with van der Waals surface area (Å²) in [6.07, 6.45) is 8.76. The molecule has 0 radical (unpaired) electrons. The van der Waals surface area contributed by atoms with E-state index in [1.807, 2.05) is 0 Å². The van der Waals surface area contributed by atoms with Crippen molar-refractivity contribution in [3.8, 4) is 5.75 Å². The highest BCUT2D eigenvalue weighted by Crippen LogP contribution is 2.30. The summed E-state index contributed by atoms with van der Waals surface area (Å²) in [5.41, 5.74) is 0.0103. The van der Waals surface area contributed by atoms with Gasteiger partial charge in [-0.1, -0.05) is 50.1 Å². The number of rotatable bonds is 5. The van der Waals surface area contributed by atoms with Crippen LogP contribution in [0.3, 0.4) is 0 Å². The molecule has 21 heavy (non-hydrogen) atoms. The third-order valence-electron chi connectivity index (χ3n) is 4.16. The van der Waals surface area contributed by atoms with Gasteiger partial charge in [0.2, 0.25) is 0 Å². The van der Waals surface area contributed by atoms with Crippen molar-refractivity contribution in [3.63, 3.8) is 0 Å². The normalized spacial score (nSPS) is 16.5. The molecule has 1 aliphatic carbocycles. The van der Waals surface area contributed by atoms with E-state index < -0.39 is 5.82 Å². The zero-order valence-electron chi connectivity index (χ0n) is 12.5. The van der Waals surface area contributed by atoms with Crippen molar-refractivity contribution in [2.45, 2.75) is 51.9 Å². The molecule has 0 saturated heterocycles. The van der Waals surface area contributed by atoms with Crippen molar-refractivity contribution in [1.29, 1.82) is 0 Å². The summed E-state index contributed by atoms with van der Waals surface area (Å²) in [7, 11) is 0. The molecule has 1 aromatic rings. The molecule has 1 aliphatic rings.